The summed E-state index contributed by atoms with van der Waals surface area (Å²) in [5, 5.41) is 8.44. The predicted molar refractivity (Wildman–Crippen MR) is 52.8 cm³/mol. The Balaban J connectivity index is 2.59. The summed E-state index contributed by atoms with van der Waals surface area (Å²) in [5.41, 5.74) is 1.09. The predicted octanol–water partition coefficient (Wildman–Crippen LogP) is 1.68. The van der Waals surface area contributed by atoms with Crippen molar-refractivity contribution in [2.24, 2.45) is 7.05 Å². The molecule has 5 heteroatoms. The molecule has 2 aromatic rings. The third-order valence-corrected chi connectivity index (χ3v) is 2.89. The van der Waals surface area contributed by atoms with E-state index < -0.39 is 0 Å². The molecule has 2 aromatic heterocycles. The molecule has 13 heavy (non-hydrogen) atoms. The summed E-state index contributed by atoms with van der Waals surface area (Å²) in [7, 11) is 1.91. The van der Waals surface area contributed by atoms with Gasteiger partial charge in [-0.25, -0.2) is 4.68 Å². The van der Waals surface area contributed by atoms with Crippen molar-refractivity contribution < 1.29 is 0 Å². The van der Waals surface area contributed by atoms with E-state index in [2.05, 4.69) is 26.1 Å². The molecule has 0 radical (unpaired) electrons. The molecule has 0 spiro atoms. The summed E-state index contributed by atoms with van der Waals surface area (Å²) < 4.78 is 4.54. The van der Waals surface area contributed by atoms with Gasteiger partial charge in [-0.15, -0.1) is 0 Å². The molecule has 0 aliphatic rings. The number of nitrogens with zero attached hydrogens (tertiary/aromatic N) is 4. The molecule has 0 bridgehead atoms. The minimum atomic E-state index is 0.824. The van der Waals surface area contributed by atoms with E-state index in [4.69, 9.17) is 0 Å². The summed E-state index contributed by atoms with van der Waals surface area (Å²) in [5.74, 6) is 0.824. The Bertz CT molecular complexity index is 416. The molecule has 0 aliphatic heterocycles. The minimum absolute atomic E-state index is 0.824. The van der Waals surface area contributed by atoms with Crippen molar-refractivity contribution in [2.45, 2.75) is 6.92 Å². The molecule has 68 valence electrons. The summed E-state index contributed by atoms with van der Waals surface area (Å²) >= 11 is 3.48. The zero-order valence-electron chi connectivity index (χ0n) is 7.40. The van der Waals surface area contributed by atoms with Crippen molar-refractivity contribution in [2.75, 3.05) is 0 Å². The van der Waals surface area contributed by atoms with Crippen LogP contribution in [0.15, 0.2) is 22.9 Å². The van der Waals surface area contributed by atoms with Crippen LogP contribution in [0.3, 0.4) is 0 Å². The lowest BCUT2D eigenvalue weighted by atomic mass is 10.4. The van der Waals surface area contributed by atoms with Crippen molar-refractivity contribution in [1.82, 2.24) is 19.6 Å². The summed E-state index contributed by atoms with van der Waals surface area (Å²) in [4.78, 5) is 0. The van der Waals surface area contributed by atoms with E-state index in [9.17, 15) is 0 Å². The first-order chi connectivity index (χ1) is 6.20. The smallest absolute Gasteiger partial charge is 0.189 e. The Morgan fingerprint density at radius 3 is 2.69 bits per heavy atom. The van der Waals surface area contributed by atoms with Crippen LogP contribution in [0, 0.1) is 6.92 Å². The van der Waals surface area contributed by atoms with Crippen molar-refractivity contribution in [3.63, 3.8) is 0 Å². The molecule has 0 fully saturated rings. The number of hydrogen-bond acceptors (Lipinski definition) is 2. The first kappa shape index (κ1) is 8.50. The molecule has 0 aromatic carbocycles. The lowest BCUT2D eigenvalue weighted by molar-refractivity contribution is 0.713. The van der Waals surface area contributed by atoms with Gasteiger partial charge < -0.3 is 0 Å². The second kappa shape index (κ2) is 2.99. The maximum absolute atomic E-state index is 4.32. The van der Waals surface area contributed by atoms with E-state index in [0.29, 0.717) is 0 Å². The fourth-order valence-electron chi connectivity index (χ4n) is 1.11. The number of aromatic nitrogens is 4. The molecular weight excluding hydrogens is 232 g/mol. The molecular formula is C8H9BrN4. The van der Waals surface area contributed by atoms with Crippen LogP contribution in [0.1, 0.15) is 5.69 Å². The number of rotatable bonds is 1. The van der Waals surface area contributed by atoms with Gasteiger partial charge in [0.1, 0.15) is 0 Å². The molecule has 0 atom stereocenters. The second-order valence-electron chi connectivity index (χ2n) is 2.80. The third kappa shape index (κ3) is 1.29. The van der Waals surface area contributed by atoms with Crippen LogP contribution in [0.5, 0.6) is 0 Å². The van der Waals surface area contributed by atoms with Crippen molar-refractivity contribution in [1.29, 1.82) is 0 Å². The first-order valence-corrected chi connectivity index (χ1v) is 4.68. The Morgan fingerprint density at radius 2 is 2.23 bits per heavy atom. The number of hydrogen-bond donors (Lipinski definition) is 0. The monoisotopic (exact) mass is 240 g/mol. The highest BCUT2D eigenvalue weighted by molar-refractivity contribution is 9.10. The van der Waals surface area contributed by atoms with E-state index >= 15 is 0 Å². The highest BCUT2D eigenvalue weighted by Gasteiger charge is 2.11. The van der Waals surface area contributed by atoms with E-state index in [-0.39, 0.29) is 0 Å². The van der Waals surface area contributed by atoms with Crippen molar-refractivity contribution in [3.05, 3.63) is 28.6 Å². The van der Waals surface area contributed by atoms with Crippen LogP contribution in [0.25, 0.3) is 5.82 Å². The molecule has 0 saturated heterocycles. The molecule has 0 N–H and O–H groups in total. The Labute approximate surface area is 84.3 Å². The van der Waals surface area contributed by atoms with Crippen LogP contribution in [0.4, 0.5) is 0 Å². The molecule has 0 amide bonds. The van der Waals surface area contributed by atoms with Gasteiger partial charge in [-0.1, -0.05) is 0 Å². The van der Waals surface area contributed by atoms with Crippen LogP contribution in [-0.4, -0.2) is 19.6 Å². The van der Waals surface area contributed by atoms with Crippen LogP contribution in [0.2, 0.25) is 0 Å². The molecule has 0 aliphatic carbocycles. The van der Waals surface area contributed by atoms with Crippen LogP contribution < -0.4 is 0 Å². The molecule has 0 saturated carbocycles. The molecule has 2 heterocycles. The van der Waals surface area contributed by atoms with Gasteiger partial charge in [-0.2, -0.15) is 10.2 Å². The first-order valence-electron chi connectivity index (χ1n) is 3.89. The quantitative estimate of drug-likeness (QED) is 0.761. The van der Waals surface area contributed by atoms with Gasteiger partial charge >= 0.3 is 0 Å². The summed E-state index contributed by atoms with van der Waals surface area (Å²) in [6, 6.07) is 1.87. The van der Waals surface area contributed by atoms with Crippen LogP contribution >= 0.6 is 15.9 Å². The van der Waals surface area contributed by atoms with E-state index in [1.165, 1.54) is 0 Å². The zero-order chi connectivity index (χ0) is 9.42. The fourth-order valence-corrected chi connectivity index (χ4v) is 1.62. The van der Waals surface area contributed by atoms with Gasteiger partial charge in [0.2, 0.25) is 0 Å². The lowest BCUT2D eigenvalue weighted by Gasteiger charge is -1.94. The van der Waals surface area contributed by atoms with E-state index in [1.54, 1.807) is 10.9 Å². The molecule has 0 unspecified atom stereocenters. The maximum atomic E-state index is 4.32. The highest BCUT2D eigenvalue weighted by atomic mass is 79.9. The Morgan fingerprint density at radius 1 is 1.46 bits per heavy atom. The number of halogens is 1. The largest absolute Gasteiger partial charge is 0.270 e. The minimum Gasteiger partial charge on any atom is -0.270 e. The summed E-state index contributed by atoms with van der Waals surface area (Å²) in [6.45, 7) is 2.00. The van der Waals surface area contributed by atoms with Gasteiger partial charge in [-0.05, 0) is 28.9 Å². The van der Waals surface area contributed by atoms with Crippen molar-refractivity contribution in [3.8, 4) is 5.82 Å². The third-order valence-electron chi connectivity index (χ3n) is 1.97. The number of aryl methyl sites for hydroxylation is 1. The maximum Gasteiger partial charge on any atom is 0.189 e. The van der Waals surface area contributed by atoms with E-state index in [1.807, 2.05) is 30.9 Å². The SMILES string of the molecule is Cc1c(Br)c(-n2cccn2)nn1C. The average Bonchev–Trinajstić information content (AvgIpc) is 2.70. The Kier molecular flexibility index (Phi) is 1.95. The summed E-state index contributed by atoms with van der Waals surface area (Å²) in [6.07, 6.45) is 3.60. The molecule has 2 rings (SSSR count). The fraction of sp³-hybridized carbons (Fsp3) is 0.250. The standard InChI is InChI=1S/C8H9BrN4/c1-6-7(9)8(11-12(6)2)13-5-3-4-10-13/h3-5H,1-2H3. The Hall–Kier alpha value is -1.10. The van der Waals surface area contributed by atoms with Crippen LogP contribution in [-0.2, 0) is 7.05 Å². The highest BCUT2D eigenvalue weighted by Crippen LogP contribution is 2.22. The van der Waals surface area contributed by atoms with Gasteiger partial charge in [0.25, 0.3) is 0 Å². The van der Waals surface area contributed by atoms with Gasteiger partial charge in [0, 0.05) is 19.4 Å². The molecule has 4 nitrogen and oxygen atoms in total. The van der Waals surface area contributed by atoms with Crippen molar-refractivity contribution >= 4 is 15.9 Å². The van der Waals surface area contributed by atoms with Gasteiger partial charge in [0.05, 0.1) is 10.2 Å². The lowest BCUT2D eigenvalue weighted by Crippen LogP contribution is -1.97. The van der Waals surface area contributed by atoms with Gasteiger partial charge in [-0.3, -0.25) is 4.68 Å². The second-order valence-corrected chi connectivity index (χ2v) is 3.59. The topological polar surface area (TPSA) is 35.6 Å². The zero-order valence-corrected chi connectivity index (χ0v) is 8.98. The normalized spacial score (nSPS) is 10.7. The van der Waals surface area contributed by atoms with Gasteiger partial charge in [0.15, 0.2) is 5.82 Å². The van der Waals surface area contributed by atoms with E-state index in [0.717, 1.165) is 16.0 Å². The average molecular weight is 241 g/mol.